The zero-order valence-electron chi connectivity index (χ0n) is 10.3. The maximum absolute atomic E-state index is 12.3. The third kappa shape index (κ3) is 2.73. The molecule has 1 aliphatic rings. The highest BCUT2D eigenvalue weighted by molar-refractivity contribution is 9.09. The topological polar surface area (TPSA) is 44.1 Å². The van der Waals surface area contributed by atoms with E-state index in [0.717, 1.165) is 19.5 Å². The Morgan fingerprint density at radius 3 is 2.67 bits per heavy atom. The van der Waals surface area contributed by atoms with Crippen LogP contribution in [0.25, 0.3) is 0 Å². The van der Waals surface area contributed by atoms with Crippen LogP contribution in [-0.4, -0.2) is 28.7 Å². The van der Waals surface area contributed by atoms with Gasteiger partial charge >= 0.3 is 0 Å². The highest BCUT2D eigenvalue weighted by Crippen LogP contribution is 2.24. The van der Waals surface area contributed by atoms with Gasteiger partial charge in [0.2, 0.25) is 0 Å². The number of carbonyl (C=O) groups excluding carboxylic acids is 1. The molecule has 0 spiro atoms. The van der Waals surface area contributed by atoms with Crippen LogP contribution in [0.5, 0.6) is 0 Å². The summed E-state index contributed by atoms with van der Waals surface area (Å²) in [5.74, 6) is 0.534. The normalized spacial score (nSPS) is 23.5. The van der Waals surface area contributed by atoms with Crippen LogP contribution in [0.15, 0.2) is 24.3 Å². The van der Waals surface area contributed by atoms with Gasteiger partial charge in [-0.15, -0.1) is 0 Å². The van der Waals surface area contributed by atoms with Crippen molar-refractivity contribution in [3.63, 3.8) is 0 Å². The van der Waals surface area contributed by atoms with E-state index >= 15 is 0 Å². The lowest BCUT2D eigenvalue weighted by atomic mass is 9.99. The Morgan fingerprint density at radius 2 is 2.11 bits per heavy atom. The van der Waals surface area contributed by atoms with Crippen molar-refractivity contribution in [3.05, 3.63) is 35.4 Å². The molecule has 1 aromatic carbocycles. The molecule has 4 heteroatoms. The molecule has 0 aromatic heterocycles. The molecule has 2 rings (SSSR count). The summed E-state index contributed by atoms with van der Waals surface area (Å²) in [6, 6.07) is 8.89. The summed E-state index contributed by atoms with van der Waals surface area (Å²) < 4.78 is 0. The molecule has 0 saturated carbocycles. The zero-order chi connectivity index (χ0) is 13.1. The molecule has 2 atom stereocenters. The van der Waals surface area contributed by atoms with Gasteiger partial charge in [0.05, 0.1) is 11.6 Å². The van der Waals surface area contributed by atoms with Gasteiger partial charge in [0.1, 0.15) is 0 Å². The molecule has 1 aromatic rings. The maximum atomic E-state index is 12.3. The Kier molecular flexibility index (Phi) is 4.03. The van der Waals surface area contributed by atoms with Gasteiger partial charge in [0, 0.05) is 23.5 Å². The number of nitrogens with zero attached hydrogens (tertiary/aromatic N) is 2. The van der Waals surface area contributed by atoms with Gasteiger partial charge in [-0.3, -0.25) is 4.79 Å². The minimum absolute atomic E-state index is 0.0609. The van der Waals surface area contributed by atoms with E-state index in [-0.39, 0.29) is 5.91 Å². The summed E-state index contributed by atoms with van der Waals surface area (Å²) in [7, 11) is 0. The van der Waals surface area contributed by atoms with Crippen molar-refractivity contribution < 1.29 is 4.79 Å². The molecule has 2 unspecified atom stereocenters. The van der Waals surface area contributed by atoms with Crippen LogP contribution < -0.4 is 0 Å². The predicted molar refractivity (Wildman–Crippen MR) is 73.6 cm³/mol. The van der Waals surface area contributed by atoms with Crippen LogP contribution in [0.3, 0.4) is 0 Å². The maximum Gasteiger partial charge on any atom is 0.253 e. The largest absolute Gasteiger partial charge is 0.338 e. The lowest BCUT2D eigenvalue weighted by molar-refractivity contribution is 0.0690. The lowest BCUT2D eigenvalue weighted by Gasteiger charge is -2.34. The fraction of sp³-hybridized carbons (Fsp3) is 0.429. The minimum atomic E-state index is 0.0609. The summed E-state index contributed by atoms with van der Waals surface area (Å²) in [6.07, 6.45) is 0.989. The fourth-order valence-corrected chi connectivity index (χ4v) is 2.54. The summed E-state index contributed by atoms with van der Waals surface area (Å²) >= 11 is 3.63. The first-order chi connectivity index (χ1) is 8.61. The summed E-state index contributed by atoms with van der Waals surface area (Å²) in [6.45, 7) is 3.73. The quantitative estimate of drug-likeness (QED) is 0.749. The van der Waals surface area contributed by atoms with Crippen molar-refractivity contribution in [1.29, 1.82) is 5.26 Å². The Bertz CT molecular complexity index is 478. The van der Waals surface area contributed by atoms with Crippen LogP contribution in [0, 0.1) is 17.2 Å². The third-order valence-electron chi connectivity index (χ3n) is 3.35. The number of halogens is 1. The predicted octanol–water partition coefficient (Wildman–Crippen LogP) is 2.80. The van der Waals surface area contributed by atoms with Crippen molar-refractivity contribution in [3.8, 4) is 6.07 Å². The molecule has 1 amide bonds. The first-order valence-electron chi connectivity index (χ1n) is 6.05. The first kappa shape index (κ1) is 13.1. The van der Waals surface area contributed by atoms with Gasteiger partial charge in [-0.2, -0.15) is 5.26 Å². The molecular formula is C14H15BrN2O. The van der Waals surface area contributed by atoms with Gasteiger partial charge in [-0.1, -0.05) is 22.9 Å². The molecule has 94 valence electrons. The standard InChI is InChI=1S/C14H15BrN2O/c1-10-9-17(7-6-13(10)15)14(18)12-4-2-11(8-16)3-5-12/h2-5,10,13H,6-7,9H2,1H3. The SMILES string of the molecule is CC1CN(C(=O)c2ccc(C#N)cc2)CCC1Br. The van der Waals surface area contributed by atoms with Crippen molar-refractivity contribution in [2.24, 2.45) is 5.92 Å². The number of carbonyl (C=O) groups is 1. The molecule has 18 heavy (non-hydrogen) atoms. The number of benzene rings is 1. The Labute approximate surface area is 116 Å². The van der Waals surface area contributed by atoms with E-state index < -0.39 is 0 Å². The molecule has 0 N–H and O–H groups in total. The van der Waals surface area contributed by atoms with Gasteiger partial charge in [0.25, 0.3) is 5.91 Å². The number of amides is 1. The number of hydrogen-bond donors (Lipinski definition) is 0. The Balaban J connectivity index is 2.09. The molecule has 1 heterocycles. The van der Waals surface area contributed by atoms with E-state index in [0.29, 0.717) is 21.9 Å². The van der Waals surface area contributed by atoms with Gasteiger partial charge in [0.15, 0.2) is 0 Å². The van der Waals surface area contributed by atoms with Gasteiger partial charge in [-0.05, 0) is 36.6 Å². The van der Waals surface area contributed by atoms with E-state index in [4.69, 9.17) is 5.26 Å². The van der Waals surface area contributed by atoms with E-state index in [1.54, 1.807) is 24.3 Å². The van der Waals surface area contributed by atoms with Crippen molar-refractivity contribution in [1.82, 2.24) is 4.90 Å². The Morgan fingerprint density at radius 1 is 1.44 bits per heavy atom. The second-order valence-corrected chi connectivity index (χ2v) is 5.90. The number of alkyl halides is 1. The molecule has 0 bridgehead atoms. The van der Waals surface area contributed by atoms with E-state index in [2.05, 4.69) is 28.9 Å². The van der Waals surface area contributed by atoms with Crippen molar-refractivity contribution >= 4 is 21.8 Å². The van der Waals surface area contributed by atoms with Crippen molar-refractivity contribution in [2.75, 3.05) is 13.1 Å². The fourth-order valence-electron chi connectivity index (χ4n) is 2.17. The lowest BCUT2D eigenvalue weighted by Crippen LogP contribution is -2.43. The van der Waals surface area contributed by atoms with Crippen LogP contribution >= 0.6 is 15.9 Å². The number of rotatable bonds is 1. The average Bonchev–Trinajstić information content (AvgIpc) is 2.41. The average molecular weight is 307 g/mol. The third-order valence-corrected chi connectivity index (χ3v) is 4.71. The van der Waals surface area contributed by atoms with Crippen molar-refractivity contribution in [2.45, 2.75) is 18.2 Å². The number of piperidine rings is 1. The molecule has 1 aliphatic heterocycles. The van der Waals surface area contributed by atoms with Crippen LogP contribution in [0.1, 0.15) is 29.3 Å². The van der Waals surface area contributed by atoms with Crippen LogP contribution in [-0.2, 0) is 0 Å². The number of nitriles is 1. The van der Waals surface area contributed by atoms with Gasteiger partial charge in [-0.25, -0.2) is 0 Å². The molecule has 1 saturated heterocycles. The highest BCUT2D eigenvalue weighted by atomic mass is 79.9. The van der Waals surface area contributed by atoms with E-state index in [9.17, 15) is 4.79 Å². The summed E-state index contributed by atoms with van der Waals surface area (Å²) in [5.41, 5.74) is 1.24. The van der Waals surface area contributed by atoms with Gasteiger partial charge < -0.3 is 4.90 Å². The number of hydrogen-bond acceptors (Lipinski definition) is 2. The van der Waals surface area contributed by atoms with Crippen LogP contribution in [0.2, 0.25) is 0 Å². The second-order valence-electron chi connectivity index (χ2n) is 4.72. The van der Waals surface area contributed by atoms with E-state index in [1.807, 2.05) is 4.90 Å². The minimum Gasteiger partial charge on any atom is -0.338 e. The monoisotopic (exact) mass is 306 g/mol. The molecule has 3 nitrogen and oxygen atoms in total. The molecular weight excluding hydrogens is 292 g/mol. The summed E-state index contributed by atoms with van der Waals surface area (Å²) in [5, 5.41) is 8.73. The number of likely N-dealkylation sites (tertiary alicyclic amines) is 1. The molecule has 0 aliphatic carbocycles. The summed E-state index contributed by atoms with van der Waals surface area (Å²) in [4.78, 5) is 14.7. The smallest absolute Gasteiger partial charge is 0.253 e. The van der Waals surface area contributed by atoms with Crippen LogP contribution in [0.4, 0.5) is 0 Å². The zero-order valence-corrected chi connectivity index (χ0v) is 11.9. The second kappa shape index (κ2) is 5.53. The van der Waals surface area contributed by atoms with E-state index in [1.165, 1.54) is 0 Å². The Hall–Kier alpha value is -1.34. The molecule has 1 fully saturated rings. The molecule has 0 radical (unpaired) electrons. The first-order valence-corrected chi connectivity index (χ1v) is 6.97. The highest BCUT2D eigenvalue weighted by Gasteiger charge is 2.27.